The lowest BCUT2D eigenvalue weighted by atomic mass is 9.72. The molecule has 13 heavy (non-hydrogen) atoms. The number of hydrogen-bond acceptors (Lipinski definition) is 1. The number of amides is 1. The van der Waals surface area contributed by atoms with Crippen LogP contribution in [0.2, 0.25) is 0 Å². The summed E-state index contributed by atoms with van der Waals surface area (Å²) in [6.45, 7) is 0. The molecule has 0 radical (unpaired) electrons. The van der Waals surface area contributed by atoms with Crippen LogP contribution < -0.4 is 5.32 Å². The van der Waals surface area contributed by atoms with Gasteiger partial charge < -0.3 is 5.32 Å². The van der Waals surface area contributed by atoms with E-state index in [1.165, 1.54) is 12.8 Å². The van der Waals surface area contributed by atoms with E-state index >= 15 is 0 Å². The first-order valence-corrected chi connectivity index (χ1v) is 5.01. The second-order valence-corrected chi connectivity index (χ2v) is 4.24. The second kappa shape index (κ2) is 2.47. The average molecular weight is 175 g/mol. The van der Waals surface area contributed by atoms with E-state index in [1.807, 2.05) is 0 Å². The molecular formula is C11H13NO. The number of carbonyl (C=O) groups is 1. The van der Waals surface area contributed by atoms with Crippen LogP contribution in [0.15, 0.2) is 24.3 Å². The van der Waals surface area contributed by atoms with E-state index in [4.69, 9.17) is 0 Å². The molecule has 1 saturated heterocycles. The van der Waals surface area contributed by atoms with Gasteiger partial charge in [-0.15, -0.1) is 0 Å². The molecular weight excluding hydrogens is 162 g/mol. The van der Waals surface area contributed by atoms with Gasteiger partial charge in [0.1, 0.15) is 0 Å². The Hall–Kier alpha value is -1.05. The lowest BCUT2D eigenvalue weighted by molar-refractivity contribution is -0.126. The van der Waals surface area contributed by atoms with Gasteiger partial charge in [-0.3, -0.25) is 4.79 Å². The molecule has 3 heterocycles. The Kier molecular flexibility index (Phi) is 1.40. The van der Waals surface area contributed by atoms with E-state index in [0.29, 0.717) is 11.8 Å². The summed E-state index contributed by atoms with van der Waals surface area (Å²) in [4.78, 5) is 11.6. The van der Waals surface area contributed by atoms with Crippen molar-refractivity contribution in [3.63, 3.8) is 0 Å². The molecule has 4 bridgehead atoms. The standard InChI is InChI=1S/C11H13NO/c13-11-9-5-6-10(12-11)8-3-1-7(9)2-4-8/h1,3,5-10H,2,4H2,(H,12,13). The largest absolute Gasteiger partial charge is 0.349 e. The highest BCUT2D eigenvalue weighted by Gasteiger charge is 2.37. The lowest BCUT2D eigenvalue weighted by Gasteiger charge is -2.39. The van der Waals surface area contributed by atoms with Gasteiger partial charge in [-0.25, -0.2) is 0 Å². The summed E-state index contributed by atoms with van der Waals surface area (Å²) in [6.07, 6.45) is 11.2. The molecule has 1 amide bonds. The van der Waals surface area contributed by atoms with Crippen molar-refractivity contribution in [3.8, 4) is 0 Å². The highest BCUT2D eigenvalue weighted by atomic mass is 16.2. The highest BCUT2D eigenvalue weighted by Crippen LogP contribution is 2.36. The van der Waals surface area contributed by atoms with Gasteiger partial charge in [0.15, 0.2) is 0 Å². The molecule has 0 saturated carbocycles. The minimum absolute atomic E-state index is 0.105. The van der Waals surface area contributed by atoms with E-state index in [2.05, 4.69) is 29.6 Å². The Labute approximate surface area is 77.7 Å². The van der Waals surface area contributed by atoms with Crippen LogP contribution >= 0.6 is 0 Å². The van der Waals surface area contributed by atoms with Crippen LogP contribution in [-0.2, 0) is 4.79 Å². The van der Waals surface area contributed by atoms with Gasteiger partial charge in [0.2, 0.25) is 5.91 Å². The van der Waals surface area contributed by atoms with Gasteiger partial charge in [0, 0.05) is 5.92 Å². The maximum absolute atomic E-state index is 11.6. The summed E-state index contributed by atoms with van der Waals surface area (Å²) in [6, 6.07) is 0.265. The Bertz CT molecular complexity index is 305. The SMILES string of the molecule is O=C1NC2C=CC1C1C=CC2CC1. The minimum atomic E-state index is 0.105. The predicted octanol–water partition coefficient (Wildman–Crippen LogP) is 1.25. The fraction of sp³-hybridized carbons (Fsp3) is 0.545. The monoisotopic (exact) mass is 175 g/mol. The summed E-state index contributed by atoms with van der Waals surface area (Å²) < 4.78 is 0. The zero-order chi connectivity index (χ0) is 8.84. The molecule has 0 spiro atoms. The van der Waals surface area contributed by atoms with Gasteiger partial charge in [-0.05, 0) is 18.8 Å². The van der Waals surface area contributed by atoms with Crippen LogP contribution in [0.5, 0.6) is 0 Å². The summed E-state index contributed by atoms with van der Waals surface area (Å²) >= 11 is 0. The van der Waals surface area contributed by atoms with Crippen molar-refractivity contribution in [2.45, 2.75) is 18.9 Å². The van der Waals surface area contributed by atoms with Crippen molar-refractivity contribution in [2.24, 2.45) is 17.8 Å². The highest BCUT2D eigenvalue weighted by molar-refractivity contribution is 5.83. The smallest absolute Gasteiger partial charge is 0.227 e. The van der Waals surface area contributed by atoms with Crippen molar-refractivity contribution in [2.75, 3.05) is 0 Å². The average Bonchev–Trinajstić information content (AvgIpc) is 2.13. The molecule has 1 N–H and O–H groups in total. The molecule has 0 aromatic rings. The first kappa shape index (κ1) is 7.36. The van der Waals surface area contributed by atoms with E-state index in [-0.39, 0.29) is 17.9 Å². The topological polar surface area (TPSA) is 29.1 Å². The van der Waals surface area contributed by atoms with E-state index in [9.17, 15) is 4.79 Å². The zero-order valence-corrected chi connectivity index (χ0v) is 7.44. The number of hydrogen-bond donors (Lipinski definition) is 1. The van der Waals surface area contributed by atoms with Crippen molar-refractivity contribution in [1.29, 1.82) is 0 Å². The molecule has 0 aromatic heterocycles. The van der Waals surface area contributed by atoms with Gasteiger partial charge >= 0.3 is 0 Å². The first-order chi connectivity index (χ1) is 6.34. The molecule has 2 nitrogen and oxygen atoms in total. The molecule has 4 unspecified atom stereocenters. The van der Waals surface area contributed by atoms with Crippen LogP contribution in [-0.4, -0.2) is 11.9 Å². The van der Waals surface area contributed by atoms with Crippen molar-refractivity contribution >= 4 is 5.91 Å². The third-order valence-electron chi connectivity index (χ3n) is 3.50. The Morgan fingerprint density at radius 1 is 1.08 bits per heavy atom. The van der Waals surface area contributed by atoms with Crippen LogP contribution in [0.1, 0.15) is 12.8 Å². The predicted molar refractivity (Wildman–Crippen MR) is 49.9 cm³/mol. The number of allylic oxidation sites excluding steroid dienone is 1. The van der Waals surface area contributed by atoms with Gasteiger partial charge in [0.05, 0.1) is 12.0 Å². The van der Waals surface area contributed by atoms with E-state index in [0.717, 1.165) is 0 Å². The normalized spacial score (nSPS) is 46.0. The van der Waals surface area contributed by atoms with Crippen LogP contribution in [0.3, 0.4) is 0 Å². The first-order valence-electron chi connectivity index (χ1n) is 5.01. The molecule has 2 heteroatoms. The second-order valence-electron chi connectivity index (χ2n) is 4.24. The maximum atomic E-state index is 11.6. The van der Waals surface area contributed by atoms with Crippen molar-refractivity contribution in [3.05, 3.63) is 24.3 Å². The summed E-state index contributed by atoms with van der Waals surface area (Å²) in [7, 11) is 0. The Morgan fingerprint density at radius 2 is 1.85 bits per heavy atom. The summed E-state index contributed by atoms with van der Waals surface area (Å²) in [5, 5.41) is 3.07. The third-order valence-corrected chi connectivity index (χ3v) is 3.50. The zero-order valence-electron chi connectivity index (χ0n) is 7.44. The van der Waals surface area contributed by atoms with E-state index < -0.39 is 0 Å². The summed E-state index contributed by atoms with van der Waals surface area (Å²) in [5.41, 5.74) is 0. The molecule has 1 fully saturated rings. The van der Waals surface area contributed by atoms with Gasteiger partial charge in [-0.1, -0.05) is 24.3 Å². The minimum Gasteiger partial charge on any atom is -0.349 e. The Balaban J connectivity index is 2.08. The van der Waals surface area contributed by atoms with Crippen LogP contribution in [0.25, 0.3) is 0 Å². The van der Waals surface area contributed by atoms with E-state index in [1.54, 1.807) is 0 Å². The number of carbonyl (C=O) groups excluding carboxylic acids is 1. The maximum Gasteiger partial charge on any atom is 0.227 e. The van der Waals surface area contributed by atoms with Crippen LogP contribution in [0, 0.1) is 17.8 Å². The Morgan fingerprint density at radius 3 is 2.54 bits per heavy atom. The van der Waals surface area contributed by atoms with Crippen LogP contribution in [0.4, 0.5) is 0 Å². The molecule has 6 aliphatic rings. The third kappa shape index (κ3) is 0.978. The van der Waals surface area contributed by atoms with Gasteiger partial charge in [0.25, 0.3) is 0 Å². The number of nitrogens with one attached hydrogen (secondary N) is 1. The molecule has 68 valence electrons. The molecule has 3 aliphatic carbocycles. The van der Waals surface area contributed by atoms with Gasteiger partial charge in [-0.2, -0.15) is 0 Å². The molecule has 6 rings (SSSR count). The fourth-order valence-electron chi connectivity index (χ4n) is 2.68. The van der Waals surface area contributed by atoms with Crippen molar-refractivity contribution in [1.82, 2.24) is 5.32 Å². The number of rotatable bonds is 0. The summed E-state index contributed by atoms with van der Waals surface area (Å²) in [5.74, 6) is 1.33. The molecule has 0 aromatic carbocycles. The fourth-order valence-corrected chi connectivity index (χ4v) is 2.68. The van der Waals surface area contributed by atoms with Crippen molar-refractivity contribution < 1.29 is 4.79 Å². The quantitative estimate of drug-likeness (QED) is 0.552. The molecule has 3 aliphatic heterocycles. The molecule has 4 atom stereocenters. The lowest BCUT2D eigenvalue weighted by Crippen LogP contribution is -2.49.